The SMILES string of the molecule is CCN(CC)c1ccc(/C=C(\NC(=O)c2ccccc2)C(=O)N/N=C\c2ccc(F)cc2)cc1. The maximum atomic E-state index is 13.1. The number of hydrazone groups is 1. The first kappa shape index (κ1) is 24.4. The number of hydrogen-bond acceptors (Lipinski definition) is 4. The van der Waals surface area contributed by atoms with Crippen molar-refractivity contribution in [2.45, 2.75) is 13.8 Å². The zero-order valence-electron chi connectivity index (χ0n) is 19.2. The summed E-state index contributed by atoms with van der Waals surface area (Å²) in [7, 11) is 0. The molecule has 0 spiro atoms. The van der Waals surface area contributed by atoms with Gasteiger partial charge in [-0.25, -0.2) is 9.82 Å². The van der Waals surface area contributed by atoms with Gasteiger partial charge in [-0.3, -0.25) is 9.59 Å². The van der Waals surface area contributed by atoms with Gasteiger partial charge in [-0.1, -0.05) is 42.5 Å². The summed E-state index contributed by atoms with van der Waals surface area (Å²) in [5.41, 5.74) is 5.32. The zero-order valence-corrected chi connectivity index (χ0v) is 19.2. The van der Waals surface area contributed by atoms with Gasteiger partial charge >= 0.3 is 0 Å². The summed E-state index contributed by atoms with van der Waals surface area (Å²) >= 11 is 0. The second-order valence-electron chi connectivity index (χ2n) is 7.39. The van der Waals surface area contributed by atoms with Gasteiger partial charge in [-0.05, 0) is 67.4 Å². The van der Waals surface area contributed by atoms with Crippen molar-refractivity contribution in [2.24, 2.45) is 5.10 Å². The van der Waals surface area contributed by atoms with Crippen LogP contribution in [0.15, 0.2) is 89.7 Å². The molecule has 0 aliphatic carbocycles. The third-order valence-corrected chi connectivity index (χ3v) is 5.11. The van der Waals surface area contributed by atoms with E-state index in [1.807, 2.05) is 30.3 Å². The number of hydrogen-bond donors (Lipinski definition) is 2. The van der Waals surface area contributed by atoms with E-state index < -0.39 is 11.8 Å². The number of halogens is 1. The number of nitrogens with one attached hydrogen (secondary N) is 2. The molecule has 0 aliphatic rings. The quantitative estimate of drug-likeness (QED) is 0.280. The lowest BCUT2D eigenvalue weighted by atomic mass is 10.1. The van der Waals surface area contributed by atoms with E-state index >= 15 is 0 Å². The number of amides is 2. The molecule has 0 radical (unpaired) electrons. The molecule has 0 saturated carbocycles. The van der Waals surface area contributed by atoms with E-state index in [4.69, 9.17) is 0 Å². The Morgan fingerprint density at radius 2 is 1.50 bits per heavy atom. The molecule has 0 aromatic heterocycles. The van der Waals surface area contributed by atoms with Gasteiger partial charge < -0.3 is 10.2 Å². The van der Waals surface area contributed by atoms with Crippen LogP contribution in [0, 0.1) is 5.82 Å². The first-order valence-electron chi connectivity index (χ1n) is 11.0. The third-order valence-electron chi connectivity index (χ3n) is 5.11. The Morgan fingerprint density at radius 1 is 0.882 bits per heavy atom. The summed E-state index contributed by atoms with van der Waals surface area (Å²) < 4.78 is 13.1. The highest BCUT2D eigenvalue weighted by Gasteiger charge is 2.14. The van der Waals surface area contributed by atoms with Crippen LogP contribution in [-0.4, -0.2) is 31.1 Å². The lowest BCUT2D eigenvalue weighted by molar-refractivity contribution is -0.117. The fourth-order valence-corrected chi connectivity index (χ4v) is 3.25. The molecular formula is C27H27FN4O2. The molecule has 2 amide bonds. The van der Waals surface area contributed by atoms with E-state index in [0.717, 1.165) is 24.3 Å². The minimum Gasteiger partial charge on any atom is -0.372 e. The topological polar surface area (TPSA) is 73.8 Å². The van der Waals surface area contributed by atoms with Crippen molar-refractivity contribution in [1.29, 1.82) is 0 Å². The van der Waals surface area contributed by atoms with Crippen molar-refractivity contribution in [3.8, 4) is 0 Å². The number of nitrogens with zero attached hydrogens (tertiary/aromatic N) is 2. The van der Waals surface area contributed by atoms with Gasteiger partial charge in [-0.15, -0.1) is 0 Å². The van der Waals surface area contributed by atoms with Crippen molar-refractivity contribution in [3.63, 3.8) is 0 Å². The normalized spacial score (nSPS) is 11.3. The van der Waals surface area contributed by atoms with E-state index in [0.29, 0.717) is 11.1 Å². The first-order valence-corrected chi connectivity index (χ1v) is 11.0. The minimum atomic E-state index is -0.588. The van der Waals surface area contributed by atoms with Crippen LogP contribution in [0.1, 0.15) is 35.3 Å². The van der Waals surface area contributed by atoms with E-state index in [-0.39, 0.29) is 11.5 Å². The van der Waals surface area contributed by atoms with Crippen molar-refractivity contribution in [3.05, 3.63) is 107 Å². The molecule has 3 rings (SSSR count). The van der Waals surface area contributed by atoms with Crippen molar-refractivity contribution in [2.75, 3.05) is 18.0 Å². The fourth-order valence-electron chi connectivity index (χ4n) is 3.25. The highest BCUT2D eigenvalue weighted by Crippen LogP contribution is 2.16. The summed E-state index contributed by atoms with van der Waals surface area (Å²) in [5, 5.41) is 6.60. The number of anilines is 1. The van der Waals surface area contributed by atoms with Gasteiger partial charge in [0.05, 0.1) is 6.21 Å². The summed E-state index contributed by atoms with van der Waals surface area (Å²) in [6.45, 7) is 5.95. The molecule has 2 N–H and O–H groups in total. The Bertz CT molecular complexity index is 1150. The molecule has 7 heteroatoms. The Balaban J connectivity index is 1.81. The fraction of sp³-hybridized carbons (Fsp3) is 0.148. The molecule has 0 atom stereocenters. The lowest BCUT2D eigenvalue weighted by Gasteiger charge is -2.20. The third kappa shape index (κ3) is 6.87. The number of carbonyl (C=O) groups is 2. The molecule has 3 aromatic rings. The van der Waals surface area contributed by atoms with E-state index in [1.165, 1.54) is 30.5 Å². The standard InChI is InChI=1S/C27H27FN4O2/c1-3-32(4-2)24-16-12-20(13-17-24)18-25(30-26(33)22-8-6-5-7-9-22)27(34)31-29-19-21-10-14-23(28)15-11-21/h5-19H,3-4H2,1-2H3,(H,30,33)(H,31,34)/b25-18-,29-19-. The monoisotopic (exact) mass is 458 g/mol. The maximum absolute atomic E-state index is 13.1. The van der Waals surface area contributed by atoms with Crippen LogP contribution in [0.25, 0.3) is 6.08 Å². The Labute approximate surface area is 198 Å². The molecule has 34 heavy (non-hydrogen) atoms. The van der Waals surface area contributed by atoms with Crippen molar-refractivity contribution in [1.82, 2.24) is 10.7 Å². The van der Waals surface area contributed by atoms with Gasteiger partial charge in [0.1, 0.15) is 11.5 Å². The second kappa shape index (κ2) is 12.1. The summed E-state index contributed by atoms with van der Waals surface area (Å²) in [6, 6.07) is 22.0. The highest BCUT2D eigenvalue weighted by molar-refractivity contribution is 6.05. The molecule has 0 bridgehead atoms. The van der Waals surface area contributed by atoms with Gasteiger partial charge in [-0.2, -0.15) is 5.10 Å². The molecule has 0 fully saturated rings. The Kier molecular flexibility index (Phi) is 8.68. The average Bonchev–Trinajstić information content (AvgIpc) is 2.87. The minimum absolute atomic E-state index is 0.0423. The van der Waals surface area contributed by atoms with Gasteiger partial charge in [0.15, 0.2) is 0 Å². The zero-order chi connectivity index (χ0) is 24.3. The lowest BCUT2D eigenvalue weighted by Crippen LogP contribution is -2.32. The smallest absolute Gasteiger partial charge is 0.287 e. The summed E-state index contributed by atoms with van der Waals surface area (Å²) in [5.74, 6) is -1.36. The van der Waals surface area contributed by atoms with E-state index in [2.05, 4.69) is 34.6 Å². The van der Waals surface area contributed by atoms with E-state index in [9.17, 15) is 14.0 Å². The number of benzene rings is 3. The molecule has 3 aromatic carbocycles. The molecule has 0 aliphatic heterocycles. The molecule has 0 heterocycles. The van der Waals surface area contributed by atoms with Gasteiger partial charge in [0.2, 0.25) is 0 Å². The largest absolute Gasteiger partial charge is 0.372 e. The number of carbonyl (C=O) groups excluding carboxylic acids is 2. The van der Waals surface area contributed by atoms with Crippen LogP contribution in [0.3, 0.4) is 0 Å². The van der Waals surface area contributed by atoms with Crippen molar-refractivity contribution < 1.29 is 14.0 Å². The maximum Gasteiger partial charge on any atom is 0.287 e. The Hall–Kier alpha value is -4.26. The predicted octanol–water partition coefficient (Wildman–Crippen LogP) is 4.59. The van der Waals surface area contributed by atoms with Crippen LogP contribution in [0.2, 0.25) is 0 Å². The van der Waals surface area contributed by atoms with Crippen LogP contribution in [0.4, 0.5) is 10.1 Å². The molecule has 174 valence electrons. The average molecular weight is 459 g/mol. The van der Waals surface area contributed by atoms with Gasteiger partial charge in [0.25, 0.3) is 11.8 Å². The Morgan fingerprint density at radius 3 is 2.12 bits per heavy atom. The van der Waals surface area contributed by atoms with Crippen LogP contribution >= 0.6 is 0 Å². The second-order valence-corrected chi connectivity index (χ2v) is 7.39. The molecular weight excluding hydrogens is 431 g/mol. The van der Waals surface area contributed by atoms with Gasteiger partial charge in [0, 0.05) is 24.3 Å². The summed E-state index contributed by atoms with van der Waals surface area (Å²) in [6.07, 6.45) is 2.99. The van der Waals surface area contributed by atoms with Crippen molar-refractivity contribution >= 4 is 29.8 Å². The molecule has 0 unspecified atom stereocenters. The molecule has 0 saturated heterocycles. The highest BCUT2D eigenvalue weighted by atomic mass is 19.1. The van der Waals surface area contributed by atoms with Crippen LogP contribution in [-0.2, 0) is 4.79 Å². The van der Waals surface area contributed by atoms with Crippen LogP contribution < -0.4 is 15.6 Å². The predicted molar refractivity (Wildman–Crippen MR) is 134 cm³/mol. The number of rotatable bonds is 9. The van der Waals surface area contributed by atoms with Crippen LogP contribution in [0.5, 0.6) is 0 Å². The summed E-state index contributed by atoms with van der Waals surface area (Å²) in [4.78, 5) is 27.7. The van der Waals surface area contributed by atoms with E-state index in [1.54, 1.807) is 30.3 Å². The molecule has 6 nitrogen and oxygen atoms in total. The first-order chi connectivity index (χ1) is 16.5.